The van der Waals surface area contributed by atoms with Crippen LogP contribution in [0.5, 0.6) is 0 Å². The monoisotopic (exact) mass is 494 g/mol. The van der Waals surface area contributed by atoms with Crippen molar-refractivity contribution in [1.29, 1.82) is 0 Å². The number of thioether (sulfide) groups is 1. The van der Waals surface area contributed by atoms with Gasteiger partial charge in [-0.2, -0.15) is 15.0 Å². The Morgan fingerprint density at radius 3 is 2.46 bits per heavy atom. The number of carbonyl (C=O) groups is 2. The Morgan fingerprint density at radius 1 is 1.00 bits per heavy atom. The van der Waals surface area contributed by atoms with Crippen LogP contribution in [0.1, 0.15) is 17.3 Å². The Morgan fingerprint density at radius 2 is 1.74 bits per heavy atom. The maximum atomic E-state index is 12.5. The predicted molar refractivity (Wildman–Crippen MR) is 134 cm³/mol. The van der Waals surface area contributed by atoms with E-state index < -0.39 is 5.97 Å². The minimum atomic E-state index is -0.397. The van der Waals surface area contributed by atoms with Crippen LogP contribution in [-0.4, -0.2) is 65.5 Å². The highest BCUT2D eigenvalue weighted by atomic mass is 32.2. The number of aromatic nitrogens is 3. The average molecular weight is 495 g/mol. The number of nitrogens with zero attached hydrogens (tertiary/aromatic N) is 4. The fourth-order valence-electron chi connectivity index (χ4n) is 3.25. The molecule has 0 unspecified atom stereocenters. The van der Waals surface area contributed by atoms with Crippen molar-refractivity contribution in [2.24, 2.45) is 0 Å². The fraction of sp³-hybridized carbons (Fsp3) is 0.292. The van der Waals surface area contributed by atoms with Gasteiger partial charge in [-0.15, -0.1) is 0 Å². The smallest absolute Gasteiger partial charge is 0.338 e. The quantitative estimate of drug-likeness (QED) is 0.339. The zero-order valence-electron chi connectivity index (χ0n) is 19.3. The minimum absolute atomic E-state index is 0.108. The average Bonchev–Trinajstić information content (AvgIpc) is 2.89. The molecule has 1 aliphatic rings. The molecule has 0 atom stereocenters. The van der Waals surface area contributed by atoms with Gasteiger partial charge in [-0.25, -0.2) is 4.79 Å². The van der Waals surface area contributed by atoms with Crippen LogP contribution in [0.4, 0.5) is 23.3 Å². The van der Waals surface area contributed by atoms with Crippen LogP contribution in [0.3, 0.4) is 0 Å². The van der Waals surface area contributed by atoms with Crippen LogP contribution in [0, 0.1) is 0 Å². The molecule has 2 aromatic carbocycles. The second kappa shape index (κ2) is 12.1. The number of para-hydroxylation sites is 1. The molecule has 0 radical (unpaired) electrons. The van der Waals surface area contributed by atoms with Crippen LogP contribution in [0.2, 0.25) is 0 Å². The highest BCUT2D eigenvalue weighted by Gasteiger charge is 2.18. The van der Waals surface area contributed by atoms with Gasteiger partial charge in [0, 0.05) is 24.5 Å². The second-order valence-corrected chi connectivity index (χ2v) is 8.41. The highest BCUT2D eigenvalue weighted by molar-refractivity contribution is 7.99. The first-order valence-corrected chi connectivity index (χ1v) is 12.2. The summed E-state index contributed by atoms with van der Waals surface area (Å²) < 4.78 is 10.4. The Balaban J connectivity index is 1.42. The first kappa shape index (κ1) is 24.4. The molecule has 2 heterocycles. The summed E-state index contributed by atoms with van der Waals surface area (Å²) in [5, 5.41) is 6.46. The summed E-state index contributed by atoms with van der Waals surface area (Å²) in [7, 11) is 0. The number of hydrogen-bond donors (Lipinski definition) is 2. The van der Waals surface area contributed by atoms with Gasteiger partial charge in [0.15, 0.2) is 5.16 Å². The SMILES string of the molecule is CCOC(=O)c1ccc(NC(=O)CSc2nc(Nc3ccccc3)nc(N3CCOCC3)n2)cc1. The number of hydrogen-bond acceptors (Lipinski definition) is 10. The molecular formula is C24H26N6O4S. The van der Waals surface area contributed by atoms with Gasteiger partial charge in [0.25, 0.3) is 0 Å². The van der Waals surface area contributed by atoms with Crippen LogP contribution in [-0.2, 0) is 14.3 Å². The zero-order chi connectivity index (χ0) is 24.5. The summed E-state index contributed by atoms with van der Waals surface area (Å²) in [6, 6.07) is 16.2. The standard InChI is InChI=1S/C24H26N6O4S/c1-2-34-21(32)17-8-10-19(11-9-17)25-20(31)16-35-24-28-22(26-18-6-4-3-5-7-18)27-23(29-24)30-12-14-33-15-13-30/h3-11H,2,12-16H2,1H3,(H,25,31)(H,26,27,28,29). The molecule has 0 saturated carbocycles. The van der Waals surface area contributed by atoms with E-state index in [0.29, 0.717) is 61.2 Å². The highest BCUT2D eigenvalue weighted by Crippen LogP contribution is 2.22. The number of carbonyl (C=O) groups excluding carboxylic acids is 2. The third-order valence-corrected chi connectivity index (χ3v) is 5.79. The summed E-state index contributed by atoms with van der Waals surface area (Å²) in [4.78, 5) is 40.0. The largest absolute Gasteiger partial charge is 0.462 e. The van der Waals surface area contributed by atoms with Gasteiger partial charge in [0.1, 0.15) is 0 Å². The number of amides is 1. The van der Waals surface area contributed by atoms with Crippen molar-refractivity contribution in [1.82, 2.24) is 15.0 Å². The summed E-state index contributed by atoms with van der Waals surface area (Å²) in [5.41, 5.74) is 1.87. The summed E-state index contributed by atoms with van der Waals surface area (Å²) in [6.45, 7) is 4.63. The van der Waals surface area contributed by atoms with Crippen molar-refractivity contribution in [3.8, 4) is 0 Å². The maximum Gasteiger partial charge on any atom is 0.338 e. The van der Waals surface area contributed by atoms with E-state index in [-0.39, 0.29) is 11.7 Å². The van der Waals surface area contributed by atoms with Gasteiger partial charge in [-0.1, -0.05) is 30.0 Å². The molecule has 1 saturated heterocycles. The molecule has 3 aromatic rings. The van der Waals surface area contributed by atoms with Crippen molar-refractivity contribution in [2.75, 3.05) is 54.2 Å². The van der Waals surface area contributed by atoms with Gasteiger partial charge < -0.3 is 25.0 Å². The molecule has 0 bridgehead atoms. The lowest BCUT2D eigenvalue weighted by atomic mass is 10.2. The number of benzene rings is 2. The third kappa shape index (κ3) is 7.14. The van der Waals surface area contributed by atoms with Crippen LogP contribution < -0.4 is 15.5 Å². The molecule has 10 nitrogen and oxygen atoms in total. The Hall–Kier alpha value is -3.70. The van der Waals surface area contributed by atoms with E-state index >= 15 is 0 Å². The molecule has 2 N–H and O–H groups in total. The lowest BCUT2D eigenvalue weighted by Crippen LogP contribution is -2.37. The summed E-state index contributed by atoms with van der Waals surface area (Å²) in [6.07, 6.45) is 0. The molecule has 1 aromatic heterocycles. The maximum absolute atomic E-state index is 12.5. The number of morpholine rings is 1. The first-order chi connectivity index (χ1) is 17.1. The fourth-order valence-corrected chi connectivity index (χ4v) is 3.88. The van der Waals surface area contributed by atoms with Gasteiger partial charge in [-0.05, 0) is 43.3 Å². The van der Waals surface area contributed by atoms with E-state index in [4.69, 9.17) is 9.47 Å². The van der Waals surface area contributed by atoms with Crippen LogP contribution >= 0.6 is 11.8 Å². The summed E-state index contributed by atoms with van der Waals surface area (Å²) in [5.74, 6) is 0.442. The Labute approximate surface area is 207 Å². The van der Waals surface area contributed by atoms with E-state index in [0.717, 1.165) is 5.69 Å². The van der Waals surface area contributed by atoms with Crippen LogP contribution in [0.25, 0.3) is 0 Å². The zero-order valence-corrected chi connectivity index (χ0v) is 20.1. The number of anilines is 4. The van der Waals surface area contributed by atoms with E-state index in [1.807, 2.05) is 35.2 Å². The van der Waals surface area contributed by atoms with Crippen molar-refractivity contribution in [2.45, 2.75) is 12.1 Å². The van der Waals surface area contributed by atoms with E-state index in [1.165, 1.54) is 11.8 Å². The van der Waals surface area contributed by atoms with Crippen molar-refractivity contribution in [3.63, 3.8) is 0 Å². The van der Waals surface area contributed by atoms with Crippen LogP contribution in [0.15, 0.2) is 59.8 Å². The molecule has 4 rings (SSSR count). The predicted octanol–water partition coefficient (Wildman–Crippen LogP) is 3.36. The molecule has 0 spiro atoms. The van der Waals surface area contributed by atoms with E-state index in [1.54, 1.807) is 31.2 Å². The number of nitrogens with one attached hydrogen (secondary N) is 2. The van der Waals surface area contributed by atoms with Gasteiger partial charge in [0.2, 0.25) is 17.8 Å². The number of rotatable bonds is 9. The van der Waals surface area contributed by atoms with Crippen molar-refractivity contribution < 1.29 is 19.1 Å². The molecule has 35 heavy (non-hydrogen) atoms. The van der Waals surface area contributed by atoms with E-state index in [2.05, 4.69) is 25.6 Å². The van der Waals surface area contributed by atoms with E-state index in [9.17, 15) is 9.59 Å². The molecular weight excluding hydrogens is 468 g/mol. The molecule has 182 valence electrons. The minimum Gasteiger partial charge on any atom is -0.462 e. The van der Waals surface area contributed by atoms with Gasteiger partial charge in [0.05, 0.1) is 31.1 Å². The van der Waals surface area contributed by atoms with Gasteiger partial charge >= 0.3 is 5.97 Å². The molecule has 1 amide bonds. The summed E-state index contributed by atoms with van der Waals surface area (Å²) >= 11 is 1.22. The van der Waals surface area contributed by atoms with Gasteiger partial charge in [-0.3, -0.25) is 4.79 Å². The lowest BCUT2D eigenvalue weighted by Gasteiger charge is -2.27. The van der Waals surface area contributed by atoms with Crippen molar-refractivity contribution >= 4 is 46.9 Å². The van der Waals surface area contributed by atoms with Crippen molar-refractivity contribution in [3.05, 3.63) is 60.2 Å². The molecule has 11 heteroatoms. The lowest BCUT2D eigenvalue weighted by molar-refractivity contribution is -0.113. The molecule has 1 fully saturated rings. The molecule has 0 aliphatic carbocycles. The normalized spacial score (nSPS) is 13.2. The second-order valence-electron chi connectivity index (χ2n) is 7.47. The Kier molecular flexibility index (Phi) is 8.47. The topological polar surface area (TPSA) is 119 Å². The number of ether oxygens (including phenoxy) is 2. The third-order valence-electron chi connectivity index (χ3n) is 4.94. The number of esters is 1. The molecule has 1 aliphatic heterocycles. The Bertz CT molecular complexity index is 1140. The first-order valence-electron chi connectivity index (χ1n) is 11.2.